The van der Waals surface area contributed by atoms with Crippen LogP contribution >= 0.6 is 0 Å². The number of ether oxygens (including phenoxy) is 1. The summed E-state index contributed by atoms with van der Waals surface area (Å²) in [6.45, 7) is 0.0765. The van der Waals surface area contributed by atoms with Gasteiger partial charge in [-0.15, -0.1) is 12.3 Å². The van der Waals surface area contributed by atoms with Gasteiger partial charge < -0.3 is 25.5 Å². The second kappa shape index (κ2) is 10.6. The molecule has 2 amide bonds. The van der Waals surface area contributed by atoms with Crippen LogP contribution in [0.5, 0.6) is 0 Å². The third-order valence-corrected chi connectivity index (χ3v) is 5.87. The number of hydrogen-bond donors (Lipinski definition) is 4. The summed E-state index contributed by atoms with van der Waals surface area (Å²) in [5.74, 6) is 0.121. The number of carbonyl (C=O) groups is 3. The van der Waals surface area contributed by atoms with E-state index in [4.69, 9.17) is 11.2 Å². The molecule has 0 aliphatic heterocycles. The van der Waals surface area contributed by atoms with Gasteiger partial charge >= 0.3 is 12.1 Å². The van der Waals surface area contributed by atoms with Gasteiger partial charge in [0.05, 0.1) is 6.33 Å². The molecular weight excluding hydrogens is 448 g/mol. The van der Waals surface area contributed by atoms with Crippen molar-refractivity contribution < 1.29 is 24.2 Å². The van der Waals surface area contributed by atoms with Crippen molar-refractivity contribution in [1.29, 1.82) is 0 Å². The van der Waals surface area contributed by atoms with Crippen molar-refractivity contribution >= 4 is 18.0 Å². The number of nitrogens with one attached hydrogen (secondary N) is 3. The first-order valence-electron chi connectivity index (χ1n) is 11.0. The predicted molar refractivity (Wildman–Crippen MR) is 127 cm³/mol. The zero-order chi connectivity index (χ0) is 24.8. The van der Waals surface area contributed by atoms with Gasteiger partial charge in [-0.05, 0) is 22.3 Å². The lowest BCUT2D eigenvalue weighted by molar-refractivity contribution is -0.141. The van der Waals surface area contributed by atoms with E-state index in [2.05, 4.69) is 26.5 Å². The van der Waals surface area contributed by atoms with Crippen LogP contribution in [0.2, 0.25) is 0 Å². The third kappa shape index (κ3) is 5.33. The Morgan fingerprint density at radius 1 is 1.06 bits per heavy atom. The number of carbonyl (C=O) groups excluding carboxylic acids is 2. The van der Waals surface area contributed by atoms with Crippen LogP contribution in [0.4, 0.5) is 4.79 Å². The Kier molecular flexibility index (Phi) is 7.12. The van der Waals surface area contributed by atoms with Crippen LogP contribution in [0, 0.1) is 12.3 Å². The normalized spacial score (nSPS) is 13.6. The predicted octanol–water partition coefficient (Wildman–Crippen LogP) is 2.45. The molecule has 1 aromatic heterocycles. The molecule has 9 nitrogen and oxygen atoms in total. The van der Waals surface area contributed by atoms with Crippen molar-refractivity contribution in [3.05, 3.63) is 77.9 Å². The summed E-state index contributed by atoms with van der Waals surface area (Å²) in [7, 11) is 0. The minimum Gasteiger partial charge on any atom is -0.480 e. The van der Waals surface area contributed by atoms with Crippen LogP contribution in [-0.4, -0.2) is 51.7 Å². The first kappa shape index (κ1) is 23.6. The Balaban J connectivity index is 1.45. The first-order valence-corrected chi connectivity index (χ1v) is 11.0. The molecular formula is C26H24N4O5. The number of aliphatic carboxylic acids is 1. The standard InChI is InChI=1S/C26H24N4O5/c1-2-7-22(25(32)33)29-24(31)23(12-16-13-27-15-28-16)30-26(34)35-14-21-19-10-5-3-8-17(19)18-9-4-6-11-20(18)21/h1,3-6,8-11,13,15,21-23H,7,12,14H2,(H,27,28)(H,29,31)(H,30,34)(H,32,33)/t22?,23-/m1/s1. The highest BCUT2D eigenvalue weighted by Gasteiger charge is 2.31. The molecule has 4 N–H and O–H groups in total. The molecule has 3 aromatic rings. The van der Waals surface area contributed by atoms with Gasteiger partial charge in [0, 0.05) is 30.7 Å². The molecule has 9 heteroatoms. The average molecular weight is 473 g/mol. The van der Waals surface area contributed by atoms with E-state index in [1.165, 1.54) is 12.5 Å². The molecule has 178 valence electrons. The number of alkyl carbamates (subject to hydrolysis) is 1. The second-order valence-electron chi connectivity index (χ2n) is 8.11. The number of terminal acetylenes is 1. The van der Waals surface area contributed by atoms with E-state index >= 15 is 0 Å². The van der Waals surface area contributed by atoms with Gasteiger partial charge in [-0.1, -0.05) is 48.5 Å². The number of aromatic nitrogens is 2. The number of benzene rings is 2. The Morgan fingerprint density at radius 2 is 1.71 bits per heavy atom. The smallest absolute Gasteiger partial charge is 0.407 e. The largest absolute Gasteiger partial charge is 0.480 e. The van der Waals surface area contributed by atoms with E-state index in [9.17, 15) is 19.5 Å². The Morgan fingerprint density at radius 3 is 2.29 bits per heavy atom. The summed E-state index contributed by atoms with van der Waals surface area (Å²) in [5, 5.41) is 14.2. The number of nitrogens with zero attached hydrogens (tertiary/aromatic N) is 1. The number of H-pyrrole nitrogens is 1. The molecule has 0 fully saturated rings. The number of imidazole rings is 1. The molecule has 0 spiro atoms. The summed E-state index contributed by atoms with van der Waals surface area (Å²) in [6, 6.07) is 13.5. The van der Waals surface area contributed by atoms with Crippen molar-refractivity contribution in [2.24, 2.45) is 0 Å². The highest BCUT2D eigenvalue weighted by Crippen LogP contribution is 2.44. The lowest BCUT2D eigenvalue weighted by Gasteiger charge is -2.21. The minimum absolute atomic E-state index is 0.0540. The summed E-state index contributed by atoms with van der Waals surface area (Å²) in [4.78, 5) is 43.7. The number of aromatic amines is 1. The maximum absolute atomic E-state index is 12.8. The summed E-state index contributed by atoms with van der Waals surface area (Å²) < 4.78 is 5.53. The van der Waals surface area contributed by atoms with Crippen molar-refractivity contribution in [3.63, 3.8) is 0 Å². The van der Waals surface area contributed by atoms with Gasteiger partial charge in [-0.25, -0.2) is 14.6 Å². The van der Waals surface area contributed by atoms with Crippen LogP contribution in [0.1, 0.15) is 29.2 Å². The van der Waals surface area contributed by atoms with Gasteiger partial charge in [0.1, 0.15) is 18.7 Å². The molecule has 1 unspecified atom stereocenters. The van der Waals surface area contributed by atoms with Crippen molar-refractivity contribution in [2.75, 3.05) is 6.61 Å². The van der Waals surface area contributed by atoms with E-state index in [1.54, 1.807) is 0 Å². The van der Waals surface area contributed by atoms with Gasteiger partial charge in [0.25, 0.3) is 0 Å². The molecule has 1 heterocycles. The monoisotopic (exact) mass is 472 g/mol. The van der Waals surface area contributed by atoms with E-state index < -0.39 is 30.1 Å². The maximum atomic E-state index is 12.8. The summed E-state index contributed by atoms with van der Waals surface area (Å²) >= 11 is 0. The fourth-order valence-electron chi connectivity index (χ4n) is 4.20. The Hall–Kier alpha value is -4.58. The van der Waals surface area contributed by atoms with Gasteiger partial charge in [0.2, 0.25) is 5.91 Å². The number of hydrogen-bond acceptors (Lipinski definition) is 5. The summed E-state index contributed by atoms with van der Waals surface area (Å²) in [6.07, 6.45) is 7.23. The molecule has 1 aliphatic carbocycles. The molecule has 35 heavy (non-hydrogen) atoms. The first-order chi connectivity index (χ1) is 17.0. The summed E-state index contributed by atoms with van der Waals surface area (Å²) in [5.41, 5.74) is 4.90. The lowest BCUT2D eigenvalue weighted by atomic mass is 9.98. The van der Waals surface area contributed by atoms with Crippen LogP contribution in [0.15, 0.2) is 61.1 Å². The van der Waals surface area contributed by atoms with Gasteiger partial charge in [-0.3, -0.25) is 4.79 Å². The van der Waals surface area contributed by atoms with E-state index in [-0.39, 0.29) is 25.4 Å². The SMILES string of the molecule is C#CCC(NC(=O)[C@@H](Cc1cnc[nH]1)NC(=O)OCC1c2ccccc2-c2ccccc21)C(=O)O. The molecule has 0 saturated carbocycles. The fraction of sp³-hybridized carbons (Fsp3) is 0.231. The topological polar surface area (TPSA) is 133 Å². The third-order valence-electron chi connectivity index (χ3n) is 5.87. The van der Waals surface area contributed by atoms with Crippen LogP contribution in [0.25, 0.3) is 11.1 Å². The van der Waals surface area contributed by atoms with E-state index in [0.717, 1.165) is 22.3 Å². The Labute approximate surface area is 201 Å². The van der Waals surface area contributed by atoms with Crippen molar-refractivity contribution in [2.45, 2.75) is 30.8 Å². The number of carboxylic acid groups (broad SMARTS) is 1. The zero-order valence-corrected chi connectivity index (χ0v) is 18.7. The van der Waals surface area contributed by atoms with Crippen LogP contribution < -0.4 is 10.6 Å². The molecule has 0 saturated heterocycles. The van der Waals surface area contributed by atoms with Gasteiger partial charge in [-0.2, -0.15) is 0 Å². The molecule has 0 radical (unpaired) electrons. The highest BCUT2D eigenvalue weighted by atomic mass is 16.5. The number of amides is 2. The number of rotatable bonds is 9. The van der Waals surface area contributed by atoms with Crippen molar-refractivity contribution in [3.8, 4) is 23.5 Å². The molecule has 4 rings (SSSR count). The fourth-order valence-corrected chi connectivity index (χ4v) is 4.20. The highest BCUT2D eigenvalue weighted by molar-refractivity contribution is 5.89. The van der Waals surface area contributed by atoms with Crippen molar-refractivity contribution in [1.82, 2.24) is 20.6 Å². The molecule has 1 aliphatic rings. The van der Waals surface area contributed by atoms with E-state index in [0.29, 0.717) is 5.69 Å². The number of carboxylic acids is 1. The van der Waals surface area contributed by atoms with Crippen LogP contribution in [-0.2, 0) is 20.7 Å². The van der Waals surface area contributed by atoms with E-state index in [1.807, 2.05) is 48.5 Å². The minimum atomic E-state index is -1.28. The maximum Gasteiger partial charge on any atom is 0.407 e. The van der Waals surface area contributed by atoms with Gasteiger partial charge in [0.15, 0.2) is 0 Å². The zero-order valence-electron chi connectivity index (χ0n) is 18.7. The molecule has 2 atom stereocenters. The molecule has 0 bridgehead atoms. The Bertz CT molecular complexity index is 1220. The molecule has 2 aromatic carbocycles. The number of fused-ring (bicyclic) bond motifs is 3. The van der Waals surface area contributed by atoms with Crippen LogP contribution in [0.3, 0.4) is 0 Å². The quantitative estimate of drug-likeness (QED) is 0.354. The second-order valence-corrected chi connectivity index (χ2v) is 8.11. The lowest BCUT2D eigenvalue weighted by Crippen LogP contribution is -2.52. The average Bonchev–Trinajstić information content (AvgIpc) is 3.48.